The maximum Gasteiger partial charge on any atom is 0.321 e. The van der Waals surface area contributed by atoms with Crippen LogP contribution in [0.2, 0.25) is 0 Å². The van der Waals surface area contributed by atoms with Gasteiger partial charge in [-0.15, -0.1) is 0 Å². The van der Waals surface area contributed by atoms with Crippen molar-refractivity contribution in [2.45, 2.75) is 6.42 Å². The van der Waals surface area contributed by atoms with Gasteiger partial charge in [0, 0.05) is 19.3 Å². The van der Waals surface area contributed by atoms with Crippen LogP contribution in [0.25, 0.3) is 0 Å². The smallest absolute Gasteiger partial charge is 0.321 e. The molecule has 6 nitrogen and oxygen atoms in total. The first kappa shape index (κ1) is 13.8. The highest BCUT2D eigenvalue weighted by molar-refractivity contribution is 5.91. The first-order valence-electron chi connectivity index (χ1n) is 5.42. The molecular formula is C12H16N2O4. The number of nitrogens with zero attached hydrogens (tertiary/aromatic N) is 1. The molecule has 1 aromatic carbocycles. The van der Waals surface area contributed by atoms with E-state index in [-0.39, 0.29) is 19.0 Å². The summed E-state index contributed by atoms with van der Waals surface area (Å²) in [5.41, 5.74) is 0.698. The third-order valence-electron chi connectivity index (χ3n) is 2.38. The Morgan fingerprint density at radius 1 is 1.33 bits per heavy atom. The Kier molecular flexibility index (Phi) is 4.98. The first-order chi connectivity index (χ1) is 8.54. The average molecular weight is 252 g/mol. The molecule has 0 bridgehead atoms. The lowest BCUT2D eigenvalue weighted by Crippen LogP contribution is -2.38. The van der Waals surface area contributed by atoms with Gasteiger partial charge in [-0.05, 0) is 24.3 Å². The molecule has 0 radical (unpaired) electrons. The number of carbonyl (C=O) groups is 2. The summed E-state index contributed by atoms with van der Waals surface area (Å²) in [7, 11) is 3.18. The van der Waals surface area contributed by atoms with Crippen molar-refractivity contribution in [1.82, 2.24) is 5.32 Å². The number of carboxylic acids is 1. The van der Waals surface area contributed by atoms with Crippen LogP contribution in [0.4, 0.5) is 10.5 Å². The molecule has 0 heterocycles. The molecule has 0 unspecified atom stereocenters. The van der Waals surface area contributed by atoms with Gasteiger partial charge in [0.1, 0.15) is 5.75 Å². The van der Waals surface area contributed by atoms with Crippen LogP contribution < -0.4 is 15.0 Å². The van der Waals surface area contributed by atoms with E-state index in [2.05, 4.69) is 5.32 Å². The van der Waals surface area contributed by atoms with E-state index in [0.717, 1.165) is 0 Å². The van der Waals surface area contributed by atoms with Crippen molar-refractivity contribution in [3.8, 4) is 5.75 Å². The second kappa shape index (κ2) is 6.48. The quantitative estimate of drug-likeness (QED) is 0.828. The molecule has 6 heteroatoms. The normalized spacial score (nSPS) is 9.67. The number of carbonyl (C=O) groups excluding carboxylic acids is 1. The number of anilines is 1. The molecule has 2 N–H and O–H groups in total. The van der Waals surface area contributed by atoms with Gasteiger partial charge in [0.2, 0.25) is 0 Å². The lowest BCUT2D eigenvalue weighted by atomic mass is 10.3. The fourth-order valence-corrected chi connectivity index (χ4v) is 1.32. The van der Waals surface area contributed by atoms with Gasteiger partial charge < -0.3 is 15.2 Å². The Morgan fingerprint density at radius 2 is 1.94 bits per heavy atom. The summed E-state index contributed by atoms with van der Waals surface area (Å²) in [5.74, 6) is -0.235. The van der Waals surface area contributed by atoms with Crippen LogP contribution >= 0.6 is 0 Å². The lowest BCUT2D eigenvalue weighted by molar-refractivity contribution is -0.136. The zero-order valence-corrected chi connectivity index (χ0v) is 10.3. The topological polar surface area (TPSA) is 78.9 Å². The number of hydrogen-bond donors (Lipinski definition) is 2. The summed E-state index contributed by atoms with van der Waals surface area (Å²) in [6.07, 6.45) is -0.0950. The highest BCUT2D eigenvalue weighted by Crippen LogP contribution is 2.17. The van der Waals surface area contributed by atoms with E-state index < -0.39 is 5.97 Å². The summed E-state index contributed by atoms with van der Waals surface area (Å²) < 4.78 is 5.02. The van der Waals surface area contributed by atoms with Gasteiger partial charge in [-0.3, -0.25) is 9.69 Å². The molecular weight excluding hydrogens is 236 g/mol. The molecule has 0 fully saturated rings. The number of rotatable bonds is 5. The Labute approximate surface area is 105 Å². The SMILES string of the molecule is COc1ccc(N(C)C(=O)NCCC(=O)O)cc1. The fourth-order valence-electron chi connectivity index (χ4n) is 1.32. The standard InChI is InChI=1S/C12H16N2O4/c1-14(12(17)13-8-7-11(15)16)9-3-5-10(18-2)6-4-9/h3-6H,7-8H2,1-2H3,(H,13,17)(H,15,16). The average Bonchev–Trinajstić information content (AvgIpc) is 2.37. The number of ether oxygens (including phenoxy) is 1. The van der Waals surface area contributed by atoms with E-state index in [1.54, 1.807) is 38.4 Å². The van der Waals surface area contributed by atoms with Crippen LogP contribution in [-0.4, -0.2) is 37.8 Å². The van der Waals surface area contributed by atoms with Crippen LogP contribution in [0.3, 0.4) is 0 Å². The van der Waals surface area contributed by atoms with Crippen LogP contribution in [0, 0.1) is 0 Å². The van der Waals surface area contributed by atoms with Crippen LogP contribution in [0.1, 0.15) is 6.42 Å². The number of amides is 2. The van der Waals surface area contributed by atoms with Crippen molar-refractivity contribution < 1.29 is 19.4 Å². The maximum atomic E-state index is 11.7. The number of nitrogens with one attached hydrogen (secondary N) is 1. The van der Waals surface area contributed by atoms with E-state index in [0.29, 0.717) is 11.4 Å². The van der Waals surface area contributed by atoms with Gasteiger partial charge in [0.25, 0.3) is 0 Å². The van der Waals surface area contributed by atoms with Crippen molar-refractivity contribution in [3.05, 3.63) is 24.3 Å². The fraction of sp³-hybridized carbons (Fsp3) is 0.333. The van der Waals surface area contributed by atoms with E-state index in [4.69, 9.17) is 9.84 Å². The monoisotopic (exact) mass is 252 g/mol. The van der Waals surface area contributed by atoms with Gasteiger partial charge >= 0.3 is 12.0 Å². The minimum absolute atomic E-state index is 0.0950. The summed E-state index contributed by atoms with van der Waals surface area (Å²) in [5, 5.41) is 11.0. The summed E-state index contributed by atoms with van der Waals surface area (Å²) in [4.78, 5) is 23.4. The van der Waals surface area contributed by atoms with Gasteiger partial charge in [0.15, 0.2) is 0 Å². The predicted octanol–water partition coefficient (Wildman–Crippen LogP) is 1.32. The van der Waals surface area contributed by atoms with Gasteiger partial charge in [-0.25, -0.2) is 4.79 Å². The Balaban J connectivity index is 2.54. The van der Waals surface area contributed by atoms with Crippen molar-refractivity contribution in [2.24, 2.45) is 0 Å². The molecule has 0 aliphatic heterocycles. The number of urea groups is 1. The van der Waals surface area contributed by atoms with Gasteiger partial charge in [0.05, 0.1) is 13.5 Å². The molecule has 98 valence electrons. The molecule has 0 aliphatic carbocycles. The minimum Gasteiger partial charge on any atom is -0.497 e. The Hall–Kier alpha value is -2.24. The first-order valence-corrected chi connectivity index (χ1v) is 5.42. The molecule has 1 aromatic rings. The molecule has 0 aromatic heterocycles. The second-order valence-electron chi connectivity index (χ2n) is 3.63. The zero-order valence-electron chi connectivity index (χ0n) is 10.3. The Morgan fingerprint density at radius 3 is 2.44 bits per heavy atom. The van der Waals surface area contributed by atoms with Crippen molar-refractivity contribution in [3.63, 3.8) is 0 Å². The molecule has 2 amide bonds. The molecule has 0 saturated carbocycles. The highest BCUT2D eigenvalue weighted by Gasteiger charge is 2.10. The molecule has 0 aliphatic rings. The second-order valence-corrected chi connectivity index (χ2v) is 3.63. The van der Waals surface area contributed by atoms with E-state index in [9.17, 15) is 9.59 Å². The van der Waals surface area contributed by atoms with Gasteiger partial charge in [-0.1, -0.05) is 0 Å². The zero-order chi connectivity index (χ0) is 13.5. The number of benzene rings is 1. The lowest BCUT2D eigenvalue weighted by Gasteiger charge is -2.18. The summed E-state index contributed by atoms with van der Waals surface area (Å²) in [6.45, 7) is 0.106. The summed E-state index contributed by atoms with van der Waals surface area (Å²) in [6, 6.07) is 6.64. The number of carboxylic acid groups (broad SMARTS) is 1. The van der Waals surface area contributed by atoms with Crippen LogP contribution in [0.5, 0.6) is 5.75 Å². The third-order valence-corrected chi connectivity index (χ3v) is 2.38. The van der Waals surface area contributed by atoms with E-state index in [1.807, 2.05) is 0 Å². The van der Waals surface area contributed by atoms with Crippen molar-refractivity contribution in [2.75, 3.05) is 25.6 Å². The molecule has 1 rings (SSSR count). The van der Waals surface area contributed by atoms with Gasteiger partial charge in [-0.2, -0.15) is 0 Å². The number of methoxy groups -OCH3 is 1. The molecule has 0 atom stereocenters. The molecule has 0 saturated heterocycles. The van der Waals surface area contributed by atoms with E-state index in [1.165, 1.54) is 4.90 Å². The highest BCUT2D eigenvalue weighted by atomic mass is 16.5. The number of aliphatic carboxylic acids is 1. The third kappa shape index (κ3) is 3.97. The molecule has 0 spiro atoms. The van der Waals surface area contributed by atoms with E-state index >= 15 is 0 Å². The van der Waals surface area contributed by atoms with Crippen molar-refractivity contribution in [1.29, 1.82) is 0 Å². The van der Waals surface area contributed by atoms with Crippen molar-refractivity contribution >= 4 is 17.7 Å². The number of hydrogen-bond acceptors (Lipinski definition) is 3. The largest absolute Gasteiger partial charge is 0.497 e. The summed E-state index contributed by atoms with van der Waals surface area (Å²) >= 11 is 0. The molecule has 18 heavy (non-hydrogen) atoms. The Bertz CT molecular complexity index is 417. The van der Waals surface area contributed by atoms with Crippen LogP contribution in [0.15, 0.2) is 24.3 Å². The maximum absolute atomic E-state index is 11.7. The predicted molar refractivity (Wildman–Crippen MR) is 67.0 cm³/mol. The van der Waals surface area contributed by atoms with Crippen LogP contribution in [-0.2, 0) is 4.79 Å². The minimum atomic E-state index is -0.942.